The summed E-state index contributed by atoms with van der Waals surface area (Å²) in [6, 6.07) is 4.71. The number of carboxylic acids is 6. The van der Waals surface area contributed by atoms with Crippen LogP contribution in [0.25, 0.3) is 0 Å². The van der Waals surface area contributed by atoms with E-state index in [4.69, 9.17) is 30.6 Å². The van der Waals surface area contributed by atoms with Gasteiger partial charge in [0, 0.05) is 0 Å². The third-order valence-corrected chi connectivity index (χ3v) is 8.66. The Morgan fingerprint density at radius 2 is 0.517 bits per heavy atom. The minimum Gasteiger partial charge on any atom is -0.478 e. The van der Waals surface area contributed by atoms with Gasteiger partial charge in [0.05, 0.1) is 33.4 Å². The lowest BCUT2D eigenvalue weighted by atomic mass is 9.71. The van der Waals surface area contributed by atoms with Crippen molar-refractivity contribution < 1.29 is 112 Å². The molecule has 0 aliphatic carbocycles. The SMILES string of the molecule is O=C(O)c1ccc(C(c2ccc(C(=O)O)c(C(=O)O)c2)(C(F)(F)F)C(F)(F)F)cc1C(=O)O.O=C(O)c1ccc(C(c2ccc(C(=O)O)cc2)(C(F)(F)F)C(F)(F)F)cc1. The lowest BCUT2D eigenvalue weighted by Gasteiger charge is -2.38. The van der Waals surface area contributed by atoms with Crippen LogP contribution in [0, 0.1) is 0 Å². The van der Waals surface area contributed by atoms with E-state index in [0.29, 0.717) is 48.5 Å². The zero-order chi connectivity index (χ0) is 46.1. The summed E-state index contributed by atoms with van der Waals surface area (Å²) in [6.45, 7) is 0. The summed E-state index contributed by atoms with van der Waals surface area (Å²) in [5, 5.41) is 53.8. The molecule has 0 heterocycles. The lowest BCUT2D eigenvalue weighted by molar-refractivity contribution is -0.290. The fourth-order valence-corrected chi connectivity index (χ4v) is 5.97. The maximum atomic E-state index is 14.2. The maximum absolute atomic E-state index is 14.2. The standard InChI is InChI=1S/C19H10F6O8.C17H10F6O4/c20-18(21,22)17(19(23,24)25,7-1-3-9(13(26)27)11(5-7)15(30)31)8-2-4-10(14(28)29)12(6-8)16(32)33;18-16(19,20)15(17(21,22)23,11-5-1-9(2-6-11)13(24)25)12-7-3-10(4-8-12)14(26)27/h1-6H,(H,26,27)(H,28,29)(H,30,31)(H,32,33);1-8H,(H,24,25)(H,26,27). The topological polar surface area (TPSA) is 224 Å². The number of hydrogen-bond acceptors (Lipinski definition) is 6. The Kier molecular flexibility index (Phi) is 12.8. The number of carbonyl (C=O) groups is 6. The molecule has 0 saturated carbocycles. The van der Waals surface area contributed by atoms with E-state index >= 15 is 0 Å². The van der Waals surface area contributed by atoms with Crippen LogP contribution < -0.4 is 0 Å². The van der Waals surface area contributed by atoms with Gasteiger partial charge in [-0.3, -0.25) is 0 Å². The predicted octanol–water partition coefficient (Wildman–Crippen LogP) is 8.38. The van der Waals surface area contributed by atoms with Crippen LogP contribution in [0.3, 0.4) is 0 Å². The summed E-state index contributed by atoms with van der Waals surface area (Å²) in [4.78, 5) is 66.6. The van der Waals surface area contributed by atoms with Crippen molar-refractivity contribution in [2.45, 2.75) is 35.5 Å². The summed E-state index contributed by atoms with van der Waals surface area (Å²) in [7, 11) is 0. The van der Waals surface area contributed by atoms with Crippen molar-refractivity contribution in [1.82, 2.24) is 0 Å². The Labute approximate surface area is 324 Å². The molecule has 0 radical (unpaired) electrons. The number of carboxylic acid groups (broad SMARTS) is 6. The molecule has 0 atom stereocenters. The zero-order valence-corrected chi connectivity index (χ0v) is 28.8. The molecule has 0 aliphatic heterocycles. The second kappa shape index (κ2) is 16.2. The van der Waals surface area contributed by atoms with Crippen LogP contribution in [-0.2, 0) is 10.8 Å². The van der Waals surface area contributed by atoms with Crippen LogP contribution in [0.1, 0.15) is 84.4 Å². The Morgan fingerprint density at radius 1 is 0.300 bits per heavy atom. The molecular weight excluding hydrogens is 852 g/mol. The molecule has 0 amide bonds. The summed E-state index contributed by atoms with van der Waals surface area (Å²) in [5.74, 6) is -11.2. The third-order valence-electron chi connectivity index (χ3n) is 8.66. The quantitative estimate of drug-likeness (QED) is 0.0827. The minimum atomic E-state index is -6.27. The molecule has 0 fully saturated rings. The summed E-state index contributed by atoms with van der Waals surface area (Å²) in [5.41, 5.74) is -21.5. The van der Waals surface area contributed by atoms with Crippen molar-refractivity contribution in [2.24, 2.45) is 0 Å². The van der Waals surface area contributed by atoms with Crippen LogP contribution in [0.5, 0.6) is 0 Å². The van der Waals surface area contributed by atoms with E-state index < -0.39 is 127 Å². The van der Waals surface area contributed by atoms with Gasteiger partial charge in [0.1, 0.15) is 0 Å². The smallest absolute Gasteiger partial charge is 0.411 e. The normalized spacial score (nSPS) is 12.5. The van der Waals surface area contributed by atoms with Crippen molar-refractivity contribution in [3.8, 4) is 0 Å². The summed E-state index contributed by atoms with van der Waals surface area (Å²) in [6.07, 6.45) is -24.2. The number of hydrogen-bond donors (Lipinski definition) is 6. The van der Waals surface area contributed by atoms with Crippen molar-refractivity contribution in [2.75, 3.05) is 0 Å². The maximum Gasteiger partial charge on any atom is 0.411 e. The van der Waals surface area contributed by atoms with Gasteiger partial charge in [0.25, 0.3) is 0 Å². The highest BCUT2D eigenvalue weighted by Crippen LogP contribution is 2.58. The lowest BCUT2D eigenvalue weighted by Crippen LogP contribution is -2.55. The first-order valence-corrected chi connectivity index (χ1v) is 15.5. The molecule has 0 aromatic heterocycles. The third kappa shape index (κ3) is 8.38. The van der Waals surface area contributed by atoms with Gasteiger partial charge in [-0.1, -0.05) is 36.4 Å². The molecule has 0 spiro atoms. The molecule has 4 rings (SSSR count). The largest absolute Gasteiger partial charge is 0.478 e. The van der Waals surface area contributed by atoms with Crippen molar-refractivity contribution in [3.63, 3.8) is 0 Å². The molecule has 0 saturated heterocycles. The van der Waals surface area contributed by atoms with E-state index in [0.717, 1.165) is 0 Å². The molecule has 0 unspecified atom stereocenters. The molecule has 0 aliphatic rings. The molecule has 4 aromatic rings. The van der Waals surface area contributed by atoms with Crippen LogP contribution in [0.15, 0.2) is 84.9 Å². The molecule has 12 nitrogen and oxygen atoms in total. The average Bonchev–Trinajstić information content (AvgIpc) is 3.10. The Hall–Kier alpha value is -7.14. The van der Waals surface area contributed by atoms with Gasteiger partial charge in [0.2, 0.25) is 10.8 Å². The first kappa shape index (κ1) is 47.2. The average molecular weight is 873 g/mol. The fourth-order valence-electron chi connectivity index (χ4n) is 5.97. The number of aromatic carboxylic acids is 6. The summed E-state index contributed by atoms with van der Waals surface area (Å²) >= 11 is 0. The van der Waals surface area contributed by atoms with Gasteiger partial charge in [0.15, 0.2) is 0 Å². The second-order valence-corrected chi connectivity index (χ2v) is 12.0. The molecule has 0 bridgehead atoms. The highest BCUT2D eigenvalue weighted by Gasteiger charge is 2.73. The van der Waals surface area contributed by atoms with Gasteiger partial charge in [-0.05, 0) is 70.8 Å². The van der Waals surface area contributed by atoms with Gasteiger partial charge >= 0.3 is 60.5 Å². The Bertz CT molecular complexity index is 2180. The van der Waals surface area contributed by atoms with Gasteiger partial charge in [-0.15, -0.1) is 0 Å². The van der Waals surface area contributed by atoms with E-state index in [2.05, 4.69) is 0 Å². The number of benzene rings is 4. The first-order chi connectivity index (χ1) is 27.3. The van der Waals surface area contributed by atoms with Crippen LogP contribution in [0.4, 0.5) is 52.7 Å². The Morgan fingerprint density at radius 3 is 0.717 bits per heavy atom. The van der Waals surface area contributed by atoms with E-state index in [1.165, 1.54) is 0 Å². The summed E-state index contributed by atoms with van der Waals surface area (Å²) < 4.78 is 168. The monoisotopic (exact) mass is 872 g/mol. The number of halogens is 12. The molecular formula is C36H20F12O12. The molecule has 6 N–H and O–H groups in total. The van der Waals surface area contributed by atoms with Crippen molar-refractivity contribution in [3.05, 3.63) is 141 Å². The van der Waals surface area contributed by atoms with E-state index in [-0.39, 0.29) is 36.4 Å². The molecule has 60 heavy (non-hydrogen) atoms. The number of rotatable bonds is 10. The van der Waals surface area contributed by atoms with E-state index in [1.807, 2.05) is 0 Å². The first-order valence-electron chi connectivity index (χ1n) is 15.5. The van der Waals surface area contributed by atoms with Gasteiger partial charge in [-0.25, -0.2) is 28.8 Å². The highest BCUT2D eigenvalue weighted by molar-refractivity contribution is 6.03. The van der Waals surface area contributed by atoms with Crippen LogP contribution >= 0.6 is 0 Å². The van der Waals surface area contributed by atoms with Gasteiger partial charge < -0.3 is 30.6 Å². The Balaban J connectivity index is 0.000000327. The van der Waals surface area contributed by atoms with Crippen LogP contribution in [-0.4, -0.2) is 91.2 Å². The highest BCUT2D eigenvalue weighted by atomic mass is 19.4. The number of alkyl halides is 12. The predicted molar refractivity (Wildman–Crippen MR) is 173 cm³/mol. The van der Waals surface area contributed by atoms with Crippen molar-refractivity contribution in [1.29, 1.82) is 0 Å². The van der Waals surface area contributed by atoms with Crippen molar-refractivity contribution >= 4 is 35.8 Å². The zero-order valence-electron chi connectivity index (χ0n) is 28.8. The fraction of sp³-hybridized carbons (Fsp3) is 0.167. The molecule has 24 heteroatoms. The molecule has 320 valence electrons. The molecule has 4 aromatic carbocycles. The second-order valence-electron chi connectivity index (χ2n) is 12.0. The minimum absolute atomic E-state index is 0.0996. The van der Waals surface area contributed by atoms with Crippen LogP contribution in [0.2, 0.25) is 0 Å². The van der Waals surface area contributed by atoms with Gasteiger partial charge in [-0.2, -0.15) is 52.7 Å². The van der Waals surface area contributed by atoms with E-state index in [1.54, 1.807) is 0 Å². The van der Waals surface area contributed by atoms with E-state index in [9.17, 15) is 81.5 Å².